The average molecular weight is 513 g/mol. The van der Waals surface area contributed by atoms with Gasteiger partial charge in [-0.25, -0.2) is 19.9 Å². The Bertz CT molecular complexity index is 1290. The molecule has 2 aromatic heterocycles. The molecule has 0 aliphatic carbocycles. The van der Waals surface area contributed by atoms with Gasteiger partial charge in [0.15, 0.2) is 0 Å². The molecule has 0 unspecified atom stereocenters. The van der Waals surface area contributed by atoms with Crippen LogP contribution in [0.5, 0.6) is 0 Å². The number of nitrogens with zero attached hydrogens (tertiary/aromatic N) is 8. The molecule has 0 radical (unpaired) electrons. The van der Waals surface area contributed by atoms with Crippen LogP contribution in [-0.4, -0.2) is 73.3 Å². The third kappa shape index (κ3) is 5.44. The van der Waals surface area contributed by atoms with Gasteiger partial charge in [-0.1, -0.05) is 27.7 Å². The fourth-order valence-corrected chi connectivity index (χ4v) is 5.56. The molecule has 4 aromatic rings. The van der Waals surface area contributed by atoms with Crippen LogP contribution in [0.2, 0.25) is 0 Å². The Morgan fingerprint density at radius 3 is 1.39 bits per heavy atom. The number of fused-ring (bicyclic) bond motifs is 2. The van der Waals surface area contributed by atoms with Crippen LogP contribution < -0.4 is 19.6 Å². The van der Waals surface area contributed by atoms with Crippen LogP contribution in [0.15, 0.2) is 49.1 Å². The van der Waals surface area contributed by atoms with Gasteiger partial charge in [0.25, 0.3) is 0 Å². The van der Waals surface area contributed by atoms with Crippen molar-refractivity contribution in [3.63, 3.8) is 0 Å². The van der Waals surface area contributed by atoms with Crippen molar-refractivity contribution in [2.24, 2.45) is 11.8 Å². The molecule has 1 aliphatic rings. The number of anilines is 4. The lowest BCUT2D eigenvalue weighted by Gasteiger charge is -2.37. The first-order valence-electron chi connectivity index (χ1n) is 13.7. The number of hydrogen-bond acceptors (Lipinski definition) is 8. The molecule has 0 saturated carbocycles. The molecular weight excluding hydrogens is 472 g/mol. The van der Waals surface area contributed by atoms with Gasteiger partial charge in [0.05, 0.1) is 11.0 Å². The van der Waals surface area contributed by atoms with Crippen LogP contribution in [-0.2, 0) is 0 Å². The van der Waals surface area contributed by atoms with Crippen LogP contribution in [0.1, 0.15) is 27.7 Å². The molecular formula is C30H40N8. The normalized spacial score (nSPS) is 14.2. The summed E-state index contributed by atoms with van der Waals surface area (Å²) in [4.78, 5) is 27.7. The lowest BCUT2D eigenvalue weighted by atomic mass is 10.1. The van der Waals surface area contributed by atoms with Gasteiger partial charge in [0, 0.05) is 75.5 Å². The number of piperazine rings is 1. The van der Waals surface area contributed by atoms with Gasteiger partial charge in [0.1, 0.15) is 24.3 Å². The molecule has 8 heteroatoms. The Hall–Kier alpha value is -3.68. The van der Waals surface area contributed by atoms with E-state index in [4.69, 9.17) is 0 Å². The fraction of sp³-hybridized carbons (Fsp3) is 0.467. The van der Waals surface area contributed by atoms with E-state index in [9.17, 15) is 0 Å². The monoisotopic (exact) mass is 512 g/mol. The molecule has 0 atom stereocenters. The summed E-state index contributed by atoms with van der Waals surface area (Å²) in [7, 11) is 4.22. The molecule has 0 bridgehead atoms. The first-order valence-corrected chi connectivity index (χ1v) is 13.7. The number of benzene rings is 2. The van der Waals surface area contributed by atoms with E-state index in [-0.39, 0.29) is 0 Å². The summed E-state index contributed by atoms with van der Waals surface area (Å²) in [6, 6.07) is 13.2. The van der Waals surface area contributed by atoms with Crippen molar-refractivity contribution in [1.82, 2.24) is 19.9 Å². The molecule has 2 aromatic carbocycles. The third-order valence-corrected chi connectivity index (χ3v) is 7.21. The van der Waals surface area contributed by atoms with E-state index in [2.05, 4.69) is 118 Å². The van der Waals surface area contributed by atoms with Crippen LogP contribution in [0, 0.1) is 11.8 Å². The minimum absolute atomic E-state index is 0.573. The van der Waals surface area contributed by atoms with Gasteiger partial charge >= 0.3 is 0 Å². The molecule has 1 aliphatic heterocycles. The van der Waals surface area contributed by atoms with E-state index in [1.54, 1.807) is 12.7 Å². The van der Waals surface area contributed by atoms with Gasteiger partial charge in [-0.3, -0.25) is 0 Å². The second kappa shape index (κ2) is 11.0. The molecule has 200 valence electrons. The summed E-state index contributed by atoms with van der Waals surface area (Å²) in [6.45, 7) is 14.7. The van der Waals surface area contributed by atoms with Gasteiger partial charge in [-0.05, 0) is 48.2 Å². The second-order valence-corrected chi connectivity index (χ2v) is 11.3. The van der Waals surface area contributed by atoms with E-state index in [0.717, 1.165) is 72.7 Å². The minimum atomic E-state index is 0.573. The van der Waals surface area contributed by atoms with Crippen molar-refractivity contribution in [2.75, 3.05) is 73.0 Å². The second-order valence-electron chi connectivity index (χ2n) is 11.3. The highest BCUT2D eigenvalue weighted by molar-refractivity contribution is 5.92. The molecule has 0 spiro atoms. The Labute approximate surface area is 226 Å². The maximum atomic E-state index is 4.60. The number of hydrogen-bond donors (Lipinski definition) is 0. The van der Waals surface area contributed by atoms with Gasteiger partial charge in [-0.15, -0.1) is 0 Å². The Balaban J connectivity index is 1.30. The van der Waals surface area contributed by atoms with Gasteiger partial charge < -0.3 is 19.6 Å². The quantitative estimate of drug-likeness (QED) is 0.324. The molecule has 0 N–H and O–H groups in total. The van der Waals surface area contributed by atoms with E-state index in [1.165, 1.54) is 11.4 Å². The van der Waals surface area contributed by atoms with Crippen LogP contribution >= 0.6 is 0 Å². The first kappa shape index (κ1) is 25.9. The molecule has 1 saturated heterocycles. The Kier molecular flexibility index (Phi) is 7.49. The third-order valence-electron chi connectivity index (χ3n) is 7.21. The first-order chi connectivity index (χ1) is 18.3. The summed E-state index contributed by atoms with van der Waals surface area (Å²) in [5, 5.41) is 2.21. The van der Waals surface area contributed by atoms with E-state index >= 15 is 0 Å². The zero-order valence-electron chi connectivity index (χ0n) is 23.6. The molecule has 5 rings (SSSR count). The summed E-state index contributed by atoms with van der Waals surface area (Å²) in [5.41, 5.74) is 4.44. The SMILES string of the molecule is CC(C)CN(C)c1ncnc2cc(N3CCN(c4ccc5c(N(C)CC(C)C)ncnc5c4)CC3)ccc12. The standard InChI is InChI=1S/C30H40N8/c1-21(2)17-35(5)29-25-9-7-23(15-27(25)31-19-33-29)37-11-13-38(14-12-37)24-8-10-26-28(16-24)32-20-34-30(26)36(6)18-22(3)4/h7-10,15-16,19-22H,11-14,17-18H2,1-6H3. The summed E-state index contributed by atoms with van der Waals surface area (Å²) < 4.78 is 0. The largest absolute Gasteiger partial charge is 0.368 e. The number of rotatable bonds is 8. The molecule has 1 fully saturated rings. The van der Waals surface area contributed by atoms with E-state index in [1.807, 2.05) is 0 Å². The molecule has 3 heterocycles. The van der Waals surface area contributed by atoms with Gasteiger partial charge in [-0.2, -0.15) is 0 Å². The highest BCUT2D eigenvalue weighted by Gasteiger charge is 2.20. The number of aromatic nitrogens is 4. The highest BCUT2D eigenvalue weighted by Crippen LogP contribution is 2.30. The van der Waals surface area contributed by atoms with Crippen molar-refractivity contribution in [3.8, 4) is 0 Å². The molecule has 8 nitrogen and oxygen atoms in total. The zero-order chi connectivity index (χ0) is 26.8. The predicted molar refractivity (Wildman–Crippen MR) is 160 cm³/mol. The van der Waals surface area contributed by atoms with Crippen molar-refractivity contribution >= 4 is 44.8 Å². The topological polar surface area (TPSA) is 64.5 Å². The van der Waals surface area contributed by atoms with Crippen LogP contribution in [0.3, 0.4) is 0 Å². The lowest BCUT2D eigenvalue weighted by molar-refractivity contribution is 0.635. The Morgan fingerprint density at radius 1 is 0.632 bits per heavy atom. The fourth-order valence-electron chi connectivity index (χ4n) is 5.56. The summed E-state index contributed by atoms with van der Waals surface area (Å²) in [6.07, 6.45) is 3.37. The average Bonchev–Trinajstić information content (AvgIpc) is 2.91. The smallest absolute Gasteiger partial charge is 0.139 e. The van der Waals surface area contributed by atoms with E-state index < -0.39 is 0 Å². The highest BCUT2D eigenvalue weighted by atomic mass is 15.3. The van der Waals surface area contributed by atoms with Gasteiger partial charge in [0.2, 0.25) is 0 Å². The minimum Gasteiger partial charge on any atom is -0.368 e. The van der Waals surface area contributed by atoms with Crippen molar-refractivity contribution in [3.05, 3.63) is 49.1 Å². The van der Waals surface area contributed by atoms with Crippen molar-refractivity contribution in [2.45, 2.75) is 27.7 Å². The van der Waals surface area contributed by atoms with Crippen molar-refractivity contribution in [1.29, 1.82) is 0 Å². The molecule has 0 amide bonds. The maximum Gasteiger partial charge on any atom is 0.139 e. The summed E-state index contributed by atoms with van der Waals surface area (Å²) >= 11 is 0. The molecule has 38 heavy (non-hydrogen) atoms. The lowest BCUT2D eigenvalue weighted by Crippen LogP contribution is -2.46. The summed E-state index contributed by atoms with van der Waals surface area (Å²) in [5.74, 6) is 3.14. The van der Waals surface area contributed by atoms with Crippen LogP contribution in [0.25, 0.3) is 21.8 Å². The van der Waals surface area contributed by atoms with Crippen LogP contribution in [0.4, 0.5) is 23.0 Å². The maximum absolute atomic E-state index is 4.60. The predicted octanol–water partition coefficient (Wildman–Crippen LogP) is 5.08. The Morgan fingerprint density at radius 2 is 1.03 bits per heavy atom. The zero-order valence-corrected chi connectivity index (χ0v) is 23.6. The van der Waals surface area contributed by atoms with Crippen molar-refractivity contribution < 1.29 is 0 Å². The van der Waals surface area contributed by atoms with E-state index in [0.29, 0.717) is 11.8 Å².